The van der Waals surface area contributed by atoms with Gasteiger partial charge in [0.25, 0.3) is 5.56 Å². The first-order chi connectivity index (χ1) is 12.6. The van der Waals surface area contributed by atoms with Gasteiger partial charge in [0.15, 0.2) is 0 Å². The van der Waals surface area contributed by atoms with Crippen molar-refractivity contribution in [1.82, 2.24) is 9.88 Å². The predicted octanol–water partition coefficient (Wildman–Crippen LogP) is 2.87. The van der Waals surface area contributed by atoms with Crippen LogP contribution < -0.4 is 5.56 Å². The number of hydrogen-bond donors (Lipinski definition) is 1. The number of piperidine rings is 1. The van der Waals surface area contributed by atoms with Crippen LogP contribution in [0, 0.1) is 11.7 Å². The highest BCUT2D eigenvalue weighted by Crippen LogP contribution is 2.18. The number of pyridine rings is 1. The van der Waals surface area contributed by atoms with Crippen molar-refractivity contribution in [3.05, 3.63) is 46.0 Å². The van der Waals surface area contributed by atoms with Crippen molar-refractivity contribution in [1.29, 1.82) is 0 Å². The van der Waals surface area contributed by atoms with Crippen molar-refractivity contribution >= 4 is 16.8 Å². The fourth-order valence-electron chi connectivity index (χ4n) is 3.52. The van der Waals surface area contributed by atoms with Crippen LogP contribution in [0.4, 0.5) is 4.39 Å². The number of aromatic nitrogens is 1. The molecule has 0 radical (unpaired) electrons. The number of hydrogen-bond acceptors (Lipinski definition) is 3. The van der Waals surface area contributed by atoms with Crippen molar-refractivity contribution in [2.75, 3.05) is 26.3 Å². The second-order valence-electron chi connectivity index (χ2n) is 6.86. The smallest absolute Gasteiger partial charge is 0.251 e. The van der Waals surface area contributed by atoms with Crippen LogP contribution in [0.2, 0.25) is 0 Å². The van der Waals surface area contributed by atoms with Crippen molar-refractivity contribution in [2.45, 2.75) is 32.6 Å². The minimum Gasteiger partial charge on any atom is -0.381 e. The summed E-state index contributed by atoms with van der Waals surface area (Å²) in [5.41, 5.74) is 0.768. The maximum absolute atomic E-state index is 13.3. The van der Waals surface area contributed by atoms with E-state index in [2.05, 4.69) is 4.98 Å². The molecule has 1 N–H and O–H groups in total. The standard InChI is InChI=1S/C20H25FN2O3/c1-2-26-13-14-4-3-9-23(12-14)19(24)8-6-16-10-15-5-7-17(21)11-18(15)22-20(16)25/h5,7,10-11,14H,2-4,6,8-9,12-13H2,1H3,(H,22,25). The van der Waals surface area contributed by atoms with Crippen LogP contribution >= 0.6 is 0 Å². The summed E-state index contributed by atoms with van der Waals surface area (Å²) in [7, 11) is 0. The number of carbonyl (C=O) groups is 1. The number of amides is 1. The van der Waals surface area contributed by atoms with Gasteiger partial charge in [0.1, 0.15) is 5.82 Å². The number of aromatic amines is 1. The van der Waals surface area contributed by atoms with Gasteiger partial charge in [0.2, 0.25) is 5.91 Å². The molecule has 140 valence electrons. The Morgan fingerprint density at radius 2 is 2.23 bits per heavy atom. The van der Waals surface area contributed by atoms with Gasteiger partial charge in [0.05, 0.1) is 12.1 Å². The lowest BCUT2D eigenvalue weighted by Gasteiger charge is -2.32. The maximum Gasteiger partial charge on any atom is 0.251 e. The minimum atomic E-state index is -0.386. The van der Waals surface area contributed by atoms with Crippen LogP contribution in [-0.2, 0) is 16.0 Å². The van der Waals surface area contributed by atoms with E-state index in [-0.39, 0.29) is 17.3 Å². The lowest BCUT2D eigenvalue weighted by atomic mass is 9.98. The van der Waals surface area contributed by atoms with Crippen LogP contribution in [0.25, 0.3) is 10.9 Å². The Bertz CT molecular complexity index is 833. The number of nitrogens with one attached hydrogen (secondary N) is 1. The molecule has 1 aliphatic rings. The maximum atomic E-state index is 13.3. The molecule has 2 heterocycles. The van der Waals surface area contributed by atoms with Gasteiger partial charge in [-0.05, 0) is 61.8 Å². The predicted molar refractivity (Wildman–Crippen MR) is 98.6 cm³/mol. The summed E-state index contributed by atoms with van der Waals surface area (Å²) in [5, 5.41) is 0.767. The SMILES string of the molecule is CCOCC1CCCN(C(=O)CCc2cc3ccc(F)cc3[nH]c2=O)C1. The zero-order valence-electron chi connectivity index (χ0n) is 15.1. The van der Waals surface area contributed by atoms with Gasteiger partial charge in [-0.1, -0.05) is 0 Å². The number of fused-ring (bicyclic) bond motifs is 1. The summed E-state index contributed by atoms with van der Waals surface area (Å²) in [6.07, 6.45) is 2.77. The fourth-order valence-corrected chi connectivity index (χ4v) is 3.52. The fraction of sp³-hybridized carbons (Fsp3) is 0.500. The van der Waals surface area contributed by atoms with Gasteiger partial charge in [-0.15, -0.1) is 0 Å². The number of H-pyrrole nitrogens is 1. The second kappa shape index (κ2) is 8.45. The average molecular weight is 360 g/mol. The van der Waals surface area contributed by atoms with Gasteiger partial charge < -0.3 is 14.6 Å². The van der Waals surface area contributed by atoms with Crippen LogP contribution in [0.3, 0.4) is 0 Å². The topological polar surface area (TPSA) is 62.4 Å². The number of likely N-dealkylation sites (tertiary alicyclic amines) is 1. The van der Waals surface area contributed by atoms with Crippen molar-refractivity contribution in [3.63, 3.8) is 0 Å². The Hall–Kier alpha value is -2.21. The van der Waals surface area contributed by atoms with Gasteiger partial charge >= 0.3 is 0 Å². The van der Waals surface area contributed by atoms with E-state index >= 15 is 0 Å². The Kier molecular flexibility index (Phi) is 6.04. The number of carbonyl (C=O) groups excluding carboxylic acids is 1. The molecular formula is C20H25FN2O3. The van der Waals surface area contributed by atoms with Gasteiger partial charge in [0, 0.05) is 31.7 Å². The molecule has 2 aromatic rings. The van der Waals surface area contributed by atoms with E-state index in [9.17, 15) is 14.0 Å². The van der Waals surface area contributed by atoms with Crippen LogP contribution in [-0.4, -0.2) is 42.1 Å². The number of benzene rings is 1. The third-order valence-electron chi connectivity index (χ3n) is 4.92. The number of halogens is 1. The minimum absolute atomic E-state index is 0.0739. The van der Waals surface area contributed by atoms with Gasteiger partial charge in [-0.2, -0.15) is 0 Å². The quantitative estimate of drug-likeness (QED) is 0.862. The van der Waals surface area contributed by atoms with E-state index < -0.39 is 0 Å². The highest BCUT2D eigenvalue weighted by atomic mass is 19.1. The van der Waals surface area contributed by atoms with E-state index in [1.54, 1.807) is 12.1 Å². The molecule has 1 atom stereocenters. The van der Waals surface area contributed by atoms with E-state index in [4.69, 9.17) is 4.74 Å². The second-order valence-corrected chi connectivity index (χ2v) is 6.86. The van der Waals surface area contributed by atoms with E-state index in [0.717, 1.165) is 31.3 Å². The molecule has 1 aromatic carbocycles. The third kappa shape index (κ3) is 4.49. The first-order valence-electron chi connectivity index (χ1n) is 9.23. The molecular weight excluding hydrogens is 335 g/mol. The summed E-state index contributed by atoms with van der Waals surface area (Å²) >= 11 is 0. The van der Waals surface area contributed by atoms with E-state index in [1.165, 1.54) is 12.1 Å². The van der Waals surface area contributed by atoms with Crippen molar-refractivity contribution in [2.24, 2.45) is 5.92 Å². The molecule has 1 unspecified atom stereocenters. The van der Waals surface area contributed by atoms with Gasteiger partial charge in [-0.3, -0.25) is 9.59 Å². The molecule has 0 bridgehead atoms. The summed E-state index contributed by atoms with van der Waals surface area (Å²) in [4.78, 5) is 29.3. The number of rotatable bonds is 6. The van der Waals surface area contributed by atoms with E-state index in [0.29, 0.717) is 43.1 Å². The lowest BCUT2D eigenvalue weighted by Crippen LogP contribution is -2.41. The van der Waals surface area contributed by atoms with Crippen LogP contribution in [0.1, 0.15) is 31.7 Å². The molecule has 1 amide bonds. The first-order valence-corrected chi connectivity index (χ1v) is 9.23. The largest absolute Gasteiger partial charge is 0.381 e. The molecule has 1 aromatic heterocycles. The lowest BCUT2D eigenvalue weighted by molar-refractivity contribution is -0.133. The summed E-state index contributed by atoms with van der Waals surface area (Å²) in [6.45, 7) is 4.86. The molecule has 26 heavy (non-hydrogen) atoms. The van der Waals surface area contributed by atoms with Crippen LogP contribution in [0.15, 0.2) is 29.1 Å². The average Bonchev–Trinajstić information content (AvgIpc) is 2.64. The monoisotopic (exact) mass is 360 g/mol. The molecule has 5 nitrogen and oxygen atoms in total. The van der Waals surface area contributed by atoms with Crippen molar-refractivity contribution in [3.8, 4) is 0 Å². The molecule has 0 aliphatic carbocycles. The Morgan fingerprint density at radius 3 is 3.04 bits per heavy atom. The zero-order valence-corrected chi connectivity index (χ0v) is 15.1. The highest BCUT2D eigenvalue weighted by Gasteiger charge is 2.23. The number of aryl methyl sites for hydroxylation is 1. The van der Waals surface area contributed by atoms with Crippen LogP contribution in [0.5, 0.6) is 0 Å². The molecule has 3 rings (SSSR count). The molecule has 0 spiro atoms. The Morgan fingerprint density at radius 1 is 1.38 bits per heavy atom. The molecule has 0 saturated carbocycles. The third-order valence-corrected chi connectivity index (χ3v) is 4.92. The molecule has 6 heteroatoms. The summed E-state index contributed by atoms with van der Waals surface area (Å²) < 4.78 is 18.7. The Labute approximate surface area is 152 Å². The van der Waals surface area contributed by atoms with Gasteiger partial charge in [-0.25, -0.2) is 4.39 Å². The summed E-state index contributed by atoms with van der Waals surface area (Å²) in [6, 6.07) is 6.05. The highest BCUT2D eigenvalue weighted by molar-refractivity contribution is 5.79. The first kappa shape index (κ1) is 18.6. The Balaban J connectivity index is 1.62. The zero-order chi connectivity index (χ0) is 18.5. The summed E-state index contributed by atoms with van der Waals surface area (Å²) in [5.74, 6) is 0.0826. The number of nitrogens with zero attached hydrogens (tertiary/aromatic N) is 1. The molecule has 1 fully saturated rings. The van der Waals surface area contributed by atoms with E-state index in [1.807, 2.05) is 11.8 Å². The molecule has 1 saturated heterocycles. The molecule has 1 aliphatic heterocycles. The normalized spacial score (nSPS) is 17.6. The van der Waals surface area contributed by atoms with Crippen molar-refractivity contribution < 1.29 is 13.9 Å². The number of ether oxygens (including phenoxy) is 1.